The standard InChI is InChI=1S/C16H19O8P/c17-11-5-3-10(4-6-11)2-1-7-16(20,21)15-13(19)8-12(18)9-14(15)25(22,23)24/h3-6,8-9,17-21H,1-2,7H2,(H2,22,23,24). The van der Waals surface area contributed by atoms with Crippen molar-refractivity contribution in [3.63, 3.8) is 0 Å². The lowest BCUT2D eigenvalue weighted by Gasteiger charge is -2.26. The molecule has 0 aliphatic rings. The first kappa shape index (κ1) is 19.2. The fraction of sp³-hybridized carbons (Fsp3) is 0.250. The maximum absolute atomic E-state index is 11.6. The predicted molar refractivity (Wildman–Crippen MR) is 88.6 cm³/mol. The molecule has 0 aromatic heterocycles. The van der Waals surface area contributed by atoms with Gasteiger partial charge in [0, 0.05) is 12.5 Å². The SMILES string of the molecule is O=P(O)(O)c1cc(O)cc(O)c1C(O)(O)CCCc1ccc(O)cc1. The van der Waals surface area contributed by atoms with Crippen LogP contribution in [0.3, 0.4) is 0 Å². The molecule has 7 N–H and O–H groups in total. The number of phenolic OH excluding ortho intramolecular Hbond substituents is 3. The Morgan fingerprint density at radius 2 is 1.52 bits per heavy atom. The average Bonchev–Trinajstić information content (AvgIpc) is 2.47. The number of aliphatic hydroxyl groups is 2. The molecule has 0 saturated carbocycles. The van der Waals surface area contributed by atoms with Gasteiger partial charge in [-0.05, 0) is 36.6 Å². The van der Waals surface area contributed by atoms with Gasteiger partial charge in [0.05, 0.1) is 10.9 Å². The minimum absolute atomic E-state index is 0.0997. The first-order chi connectivity index (χ1) is 11.5. The van der Waals surface area contributed by atoms with Gasteiger partial charge in [0.15, 0.2) is 5.79 Å². The van der Waals surface area contributed by atoms with Crippen LogP contribution in [0.4, 0.5) is 0 Å². The first-order valence-electron chi connectivity index (χ1n) is 7.36. The van der Waals surface area contributed by atoms with Gasteiger partial charge in [-0.2, -0.15) is 0 Å². The molecule has 0 saturated heterocycles. The third-order valence-corrected chi connectivity index (χ3v) is 4.70. The van der Waals surface area contributed by atoms with E-state index in [-0.39, 0.29) is 18.6 Å². The van der Waals surface area contributed by atoms with E-state index in [1.165, 1.54) is 12.1 Å². The molecular formula is C16H19O8P. The van der Waals surface area contributed by atoms with Crippen LogP contribution >= 0.6 is 7.60 Å². The Balaban J connectivity index is 2.24. The molecule has 2 aromatic carbocycles. The molecule has 0 aliphatic heterocycles. The molecule has 2 rings (SSSR count). The minimum Gasteiger partial charge on any atom is -0.508 e. The lowest BCUT2D eigenvalue weighted by molar-refractivity contribution is -0.175. The van der Waals surface area contributed by atoms with Gasteiger partial charge in [0.2, 0.25) is 0 Å². The average molecular weight is 370 g/mol. The zero-order valence-corrected chi connectivity index (χ0v) is 14.0. The van der Waals surface area contributed by atoms with Crippen LogP contribution in [-0.2, 0) is 16.8 Å². The molecule has 0 bridgehead atoms. The van der Waals surface area contributed by atoms with Crippen molar-refractivity contribution in [3.05, 3.63) is 47.5 Å². The smallest absolute Gasteiger partial charge is 0.356 e. The first-order valence-corrected chi connectivity index (χ1v) is 8.97. The molecule has 0 atom stereocenters. The summed E-state index contributed by atoms with van der Waals surface area (Å²) in [6, 6.07) is 7.75. The lowest BCUT2D eigenvalue weighted by Crippen LogP contribution is -2.31. The molecule has 0 unspecified atom stereocenters. The zero-order chi connectivity index (χ0) is 18.8. The molecule has 0 spiro atoms. The number of aromatic hydroxyl groups is 3. The number of rotatable bonds is 6. The summed E-state index contributed by atoms with van der Waals surface area (Å²) in [5, 5.41) is 48.2. The van der Waals surface area contributed by atoms with Gasteiger partial charge in [-0.3, -0.25) is 4.57 Å². The quantitative estimate of drug-likeness (QED) is 0.290. The van der Waals surface area contributed by atoms with Crippen molar-refractivity contribution < 1.29 is 39.9 Å². The summed E-state index contributed by atoms with van der Waals surface area (Å²) in [5.41, 5.74) is 0.0862. The van der Waals surface area contributed by atoms with Crippen molar-refractivity contribution in [1.82, 2.24) is 0 Å². The van der Waals surface area contributed by atoms with E-state index in [9.17, 15) is 39.9 Å². The minimum atomic E-state index is -4.97. The van der Waals surface area contributed by atoms with Crippen molar-refractivity contribution in [2.45, 2.75) is 25.0 Å². The molecule has 8 nitrogen and oxygen atoms in total. The van der Waals surface area contributed by atoms with Crippen molar-refractivity contribution >= 4 is 12.9 Å². The van der Waals surface area contributed by atoms with E-state index in [0.717, 1.165) is 11.6 Å². The highest BCUT2D eigenvalue weighted by Gasteiger charge is 2.37. The topological polar surface area (TPSA) is 159 Å². The number of hydrogen-bond acceptors (Lipinski definition) is 6. The highest BCUT2D eigenvalue weighted by atomic mass is 31.2. The Labute approximate surface area is 143 Å². The molecule has 0 radical (unpaired) electrons. The Kier molecular flexibility index (Phi) is 5.41. The predicted octanol–water partition coefficient (Wildman–Crippen LogP) is 0.767. The highest BCUT2D eigenvalue weighted by Crippen LogP contribution is 2.43. The molecule has 0 amide bonds. The number of phenols is 3. The van der Waals surface area contributed by atoms with Gasteiger partial charge < -0.3 is 35.3 Å². The summed E-state index contributed by atoms with van der Waals surface area (Å²) in [4.78, 5) is 18.7. The van der Waals surface area contributed by atoms with Crippen LogP contribution in [0.15, 0.2) is 36.4 Å². The normalized spacial score (nSPS) is 12.3. The van der Waals surface area contributed by atoms with E-state index in [1.54, 1.807) is 12.1 Å². The third-order valence-electron chi connectivity index (χ3n) is 3.72. The van der Waals surface area contributed by atoms with Gasteiger partial charge >= 0.3 is 7.60 Å². The second-order valence-corrected chi connectivity index (χ2v) is 7.31. The Morgan fingerprint density at radius 3 is 2.08 bits per heavy atom. The summed E-state index contributed by atoms with van der Waals surface area (Å²) in [7, 11) is -4.97. The van der Waals surface area contributed by atoms with Gasteiger partial charge in [-0.15, -0.1) is 0 Å². The van der Waals surface area contributed by atoms with Crippen molar-refractivity contribution in [2.24, 2.45) is 0 Å². The lowest BCUT2D eigenvalue weighted by atomic mass is 9.97. The van der Waals surface area contributed by atoms with Crippen molar-refractivity contribution in [3.8, 4) is 17.2 Å². The van der Waals surface area contributed by atoms with Crippen LogP contribution in [0.2, 0.25) is 0 Å². The zero-order valence-electron chi connectivity index (χ0n) is 13.1. The van der Waals surface area contributed by atoms with E-state index in [4.69, 9.17) is 0 Å². The summed E-state index contributed by atoms with van der Waals surface area (Å²) in [5.74, 6) is -4.04. The molecule has 25 heavy (non-hydrogen) atoms. The molecular weight excluding hydrogens is 351 g/mol. The van der Waals surface area contributed by atoms with Crippen LogP contribution in [0, 0.1) is 0 Å². The Hall–Kier alpha value is -2.09. The van der Waals surface area contributed by atoms with Crippen LogP contribution in [-0.4, -0.2) is 35.3 Å². The highest BCUT2D eigenvalue weighted by molar-refractivity contribution is 7.60. The molecule has 136 valence electrons. The summed E-state index contributed by atoms with van der Waals surface area (Å²) in [6.07, 6.45) is 0.311. The largest absolute Gasteiger partial charge is 0.508 e. The molecule has 0 fully saturated rings. The molecule has 9 heteroatoms. The Bertz CT molecular complexity index is 795. The van der Waals surface area contributed by atoms with Crippen LogP contribution < -0.4 is 5.30 Å². The van der Waals surface area contributed by atoms with E-state index in [2.05, 4.69) is 0 Å². The fourth-order valence-electron chi connectivity index (χ4n) is 2.56. The molecule has 0 aliphatic carbocycles. The van der Waals surface area contributed by atoms with Crippen molar-refractivity contribution in [1.29, 1.82) is 0 Å². The maximum Gasteiger partial charge on any atom is 0.356 e. The fourth-order valence-corrected chi connectivity index (χ4v) is 3.45. The van der Waals surface area contributed by atoms with Gasteiger partial charge in [-0.25, -0.2) is 0 Å². The summed E-state index contributed by atoms with van der Waals surface area (Å²) >= 11 is 0. The van der Waals surface area contributed by atoms with E-state index in [1.807, 2.05) is 0 Å². The van der Waals surface area contributed by atoms with Gasteiger partial charge in [0.1, 0.15) is 17.2 Å². The second kappa shape index (κ2) is 7.03. The number of aryl methyl sites for hydroxylation is 1. The monoisotopic (exact) mass is 370 g/mol. The number of benzene rings is 2. The summed E-state index contributed by atoms with van der Waals surface area (Å²) in [6.45, 7) is 0. The number of hydrogen-bond donors (Lipinski definition) is 7. The molecule has 0 heterocycles. The van der Waals surface area contributed by atoms with Crippen LogP contribution in [0.25, 0.3) is 0 Å². The van der Waals surface area contributed by atoms with Crippen LogP contribution in [0.1, 0.15) is 24.0 Å². The second-order valence-electron chi connectivity index (χ2n) is 5.74. The third kappa shape index (κ3) is 4.72. The van der Waals surface area contributed by atoms with E-state index < -0.39 is 35.7 Å². The molecule has 2 aromatic rings. The summed E-state index contributed by atoms with van der Waals surface area (Å²) < 4.78 is 11.6. The van der Waals surface area contributed by atoms with Gasteiger partial charge in [-0.1, -0.05) is 12.1 Å². The van der Waals surface area contributed by atoms with Crippen LogP contribution in [0.5, 0.6) is 17.2 Å². The van der Waals surface area contributed by atoms with E-state index in [0.29, 0.717) is 12.5 Å². The Morgan fingerprint density at radius 1 is 0.920 bits per heavy atom. The van der Waals surface area contributed by atoms with Gasteiger partial charge in [0.25, 0.3) is 0 Å². The maximum atomic E-state index is 11.6. The van der Waals surface area contributed by atoms with E-state index >= 15 is 0 Å². The van der Waals surface area contributed by atoms with Crippen molar-refractivity contribution in [2.75, 3.05) is 0 Å².